The molecule has 0 bridgehead atoms. The number of nitrogens with zero attached hydrogens (tertiary/aromatic N) is 2. The Bertz CT molecular complexity index is 998. The van der Waals surface area contributed by atoms with E-state index in [1.807, 2.05) is 47.8 Å². The highest BCUT2D eigenvalue weighted by atomic mass is 32.1. The molecule has 0 radical (unpaired) electrons. The van der Waals surface area contributed by atoms with Gasteiger partial charge in [0.15, 0.2) is 0 Å². The lowest BCUT2D eigenvalue weighted by atomic mass is 9.96. The van der Waals surface area contributed by atoms with E-state index in [0.717, 1.165) is 10.4 Å². The summed E-state index contributed by atoms with van der Waals surface area (Å²) in [4.78, 5) is 32.1. The second kappa shape index (κ2) is 7.17. The maximum absolute atomic E-state index is 12.8. The van der Waals surface area contributed by atoms with Crippen molar-refractivity contribution in [2.24, 2.45) is 0 Å². The van der Waals surface area contributed by atoms with Crippen LogP contribution in [0.1, 0.15) is 22.0 Å². The monoisotopic (exact) mass is 376 g/mol. The number of hydrogen-bond acceptors (Lipinski definition) is 5. The molecule has 134 valence electrons. The van der Waals surface area contributed by atoms with Crippen LogP contribution in [-0.2, 0) is 16.1 Å². The predicted molar refractivity (Wildman–Crippen MR) is 103 cm³/mol. The molecule has 2 aromatic heterocycles. The maximum atomic E-state index is 12.8. The zero-order chi connectivity index (χ0) is 18.8. The summed E-state index contributed by atoms with van der Waals surface area (Å²) >= 11 is 1.52. The van der Waals surface area contributed by atoms with Crippen molar-refractivity contribution in [1.29, 1.82) is 0 Å². The number of ketones is 1. The molecule has 1 unspecified atom stereocenters. The molecule has 1 saturated heterocycles. The molecule has 0 saturated carbocycles. The molecule has 1 atom stereocenters. The molecule has 6 heteroatoms. The lowest BCUT2D eigenvalue weighted by molar-refractivity contribution is -0.140. The quantitative estimate of drug-likeness (QED) is 0.428. The van der Waals surface area contributed by atoms with Crippen LogP contribution < -0.4 is 0 Å². The Balaban J connectivity index is 1.86. The van der Waals surface area contributed by atoms with Gasteiger partial charge in [0, 0.05) is 22.8 Å². The molecule has 3 aromatic rings. The Morgan fingerprint density at radius 2 is 1.89 bits per heavy atom. The van der Waals surface area contributed by atoms with Gasteiger partial charge in [-0.15, -0.1) is 11.3 Å². The number of Topliss-reactive ketones (excluding diaryl/α,β-unsaturated/α-hetero) is 1. The molecular formula is C21H16N2O3S. The van der Waals surface area contributed by atoms with E-state index in [4.69, 9.17) is 0 Å². The predicted octanol–water partition coefficient (Wildman–Crippen LogP) is 3.77. The van der Waals surface area contributed by atoms with Crippen molar-refractivity contribution in [3.63, 3.8) is 0 Å². The first kappa shape index (κ1) is 17.2. The number of hydrogen-bond donors (Lipinski definition) is 1. The summed E-state index contributed by atoms with van der Waals surface area (Å²) in [6.45, 7) is 0.311. The van der Waals surface area contributed by atoms with Crippen molar-refractivity contribution >= 4 is 28.8 Å². The molecule has 1 N–H and O–H groups in total. The van der Waals surface area contributed by atoms with Gasteiger partial charge in [0.25, 0.3) is 11.7 Å². The number of aliphatic hydroxyl groups excluding tert-OH is 1. The van der Waals surface area contributed by atoms with E-state index in [1.165, 1.54) is 22.4 Å². The number of carbonyl (C=O) groups is 2. The standard InChI is InChI=1S/C21H16N2O3S/c24-19(15-8-4-10-22-12-15)17-18(14-6-2-1-3-7-14)23(21(26)20(17)25)13-16-9-5-11-27-16/h1-12,18,24H,13H2/b19-17+. The molecule has 3 heterocycles. The van der Waals surface area contributed by atoms with E-state index in [2.05, 4.69) is 4.98 Å². The Labute approximate surface area is 160 Å². The summed E-state index contributed by atoms with van der Waals surface area (Å²) in [6, 6.07) is 15.8. The fourth-order valence-electron chi connectivity index (χ4n) is 3.25. The van der Waals surface area contributed by atoms with Crippen molar-refractivity contribution in [3.05, 3.63) is 93.9 Å². The van der Waals surface area contributed by atoms with Crippen LogP contribution in [0.4, 0.5) is 0 Å². The van der Waals surface area contributed by atoms with Crippen LogP contribution in [0.25, 0.3) is 5.76 Å². The molecule has 0 spiro atoms. The first-order valence-electron chi connectivity index (χ1n) is 8.43. The fraction of sp³-hybridized carbons (Fsp3) is 0.0952. The molecule has 4 rings (SSSR count). The van der Waals surface area contributed by atoms with Crippen LogP contribution in [0.5, 0.6) is 0 Å². The third kappa shape index (κ3) is 3.15. The summed E-state index contributed by atoms with van der Waals surface area (Å²) in [5, 5.41) is 12.8. The molecule has 1 fully saturated rings. The minimum absolute atomic E-state index is 0.0933. The van der Waals surface area contributed by atoms with Gasteiger partial charge in [-0.1, -0.05) is 36.4 Å². The number of amides is 1. The van der Waals surface area contributed by atoms with E-state index in [0.29, 0.717) is 12.1 Å². The Kier molecular flexibility index (Phi) is 4.56. The number of carbonyl (C=O) groups excluding carboxylic acids is 2. The smallest absolute Gasteiger partial charge is 0.295 e. The van der Waals surface area contributed by atoms with Gasteiger partial charge in [-0.2, -0.15) is 0 Å². The van der Waals surface area contributed by atoms with Crippen molar-refractivity contribution < 1.29 is 14.7 Å². The van der Waals surface area contributed by atoms with Crippen LogP contribution in [0.2, 0.25) is 0 Å². The van der Waals surface area contributed by atoms with Gasteiger partial charge in [-0.05, 0) is 29.1 Å². The lowest BCUT2D eigenvalue weighted by Crippen LogP contribution is -2.28. The number of rotatable bonds is 4. The lowest BCUT2D eigenvalue weighted by Gasteiger charge is -2.24. The van der Waals surface area contributed by atoms with Crippen LogP contribution in [0, 0.1) is 0 Å². The van der Waals surface area contributed by atoms with Crippen molar-refractivity contribution in [2.45, 2.75) is 12.6 Å². The molecule has 1 amide bonds. The molecular weight excluding hydrogens is 360 g/mol. The molecule has 1 aliphatic heterocycles. The van der Waals surface area contributed by atoms with Crippen molar-refractivity contribution in [1.82, 2.24) is 9.88 Å². The van der Waals surface area contributed by atoms with Crippen molar-refractivity contribution in [3.8, 4) is 0 Å². The summed E-state index contributed by atoms with van der Waals surface area (Å²) in [5.41, 5.74) is 1.28. The zero-order valence-electron chi connectivity index (χ0n) is 14.3. The topological polar surface area (TPSA) is 70.5 Å². The largest absolute Gasteiger partial charge is 0.507 e. The normalized spacial score (nSPS) is 18.8. The number of thiophene rings is 1. The van der Waals surface area contributed by atoms with E-state index in [1.54, 1.807) is 18.3 Å². The first-order valence-corrected chi connectivity index (χ1v) is 9.31. The van der Waals surface area contributed by atoms with E-state index in [9.17, 15) is 14.7 Å². The Hall–Kier alpha value is -3.25. The highest BCUT2D eigenvalue weighted by molar-refractivity contribution is 7.09. The summed E-state index contributed by atoms with van der Waals surface area (Å²) in [7, 11) is 0. The minimum Gasteiger partial charge on any atom is -0.507 e. The van der Waals surface area contributed by atoms with E-state index >= 15 is 0 Å². The van der Waals surface area contributed by atoms with E-state index in [-0.39, 0.29) is 11.3 Å². The van der Waals surface area contributed by atoms with Gasteiger partial charge < -0.3 is 10.0 Å². The Morgan fingerprint density at radius 1 is 1.07 bits per heavy atom. The second-order valence-corrected chi connectivity index (χ2v) is 7.19. The third-order valence-corrected chi connectivity index (χ3v) is 5.36. The van der Waals surface area contributed by atoms with Crippen LogP contribution in [0.15, 0.2) is 77.9 Å². The van der Waals surface area contributed by atoms with Gasteiger partial charge in [0.2, 0.25) is 0 Å². The molecule has 0 aliphatic carbocycles. The molecule has 1 aromatic carbocycles. The maximum Gasteiger partial charge on any atom is 0.295 e. The first-order chi connectivity index (χ1) is 13.2. The summed E-state index contributed by atoms with van der Waals surface area (Å²) in [6.07, 6.45) is 3.06. The Morgan fingerprint density at radius 3 is 2.56 bits per heavy atom. The third-order valence-electron chi connectivity index (χ3n) is 4.50. The molecule has 5 nitrogen and oxygen atoms in total. The van der Waals surface area contributed by atoms with Crippen molar-refractivity contribution in [2.75, 3.05) is 0 Å². The van der Waals surface area contributed by atoms with Crippen LogP contribution in [0.3, 0.4) is 0 Å². The van der Waals surface area contributed by atoms with E-state index < -0.39 is 17.7 Å². The average molecular weight is 376 g/mol. The number of likely N-dealkylation sites (tertiary alicyclic amines) is 1. The highest BCUT2D eigenvalue weighted by Crippen LogP contribution is 2.40. The SMILES string of the molecule is O=C1C(=O)N(Cc2cccs2)C(c2ccccc2)/C1=C(\O)c1cccnc1. The molecule has 27 heavy (non-hydrogen) atoms. The van der Waals surface area contributed by atoms with Gasteiger partial charge in [-0.3, -0.25) is 14.6 Å². The van der Waals surface area contributed by atoms with Gasteiger partial charge in [0.05, 0.1) is 18.2 Å². The fourth-order valence-corrected chi connectivity index (χ4v) is 3.96. The average Bonchev–Trinajstić information content (AvgIpc) is 3.31. The number of aromatic nitrogens is 1. The number of pyridine rings is 1. The summed E-state index contributed by atoms with van der Waals surface area (Å²) < 4.78 is 0. The number of aliphatic hydroxyl groups is 1. The second-order valence-electron chi connectivity index (χ2n) is 6.16. The molecule has 1 aliphatic rings. The minimum atomic E-state index is -0.679. The van der Waals surface area contributed by atoms with Crippen LogP contribution >= 0.6 is 11.3 Å². The summed E-state index contributed by atoms with van der Waals surface area (Å²) in [5.74, 6) is -1.49. The van der Waals surface area contributed by atoms with Gasteiger partial charge in [-0.25, -0.2) is 0 Å². The number of benzene rings is 1. The zero-order valence-corrected chi connectivity index (χ0v) is 15.1. The van der Waals surface area contributed by atoms with Crippen LogP contribution in [-0.4, -0.2) is 26.7 Å². The van der Waals surface area contributed by atoms with Gasteiger partial charge in [0.1, 0.15) is 5.76 Å². The van der Waals surface area contributed by atoms with Gasteiger partial charge >= 0.3 is 0 Å². The highest BCUT2D eigenvalue weighted by Gasteiger charge is 2.46.